The van der Waals surface area contributed by atoms with Crippen molar-refractivity contribution in [3.63, 3.8) is 0 Å². The summed E-state index contributed by atoms with van der Waals surface area (Å²) in [6, 6.07) is 8.95. The molecule has 0 heterocycles. The Morgan fingerprint density at radius 1 is 0.619 bits per heavy atom. The third kappa shape index (κ3) is 16.8. The van der Waals surface area contributed by atoms with Crippen LogP contribution in [0.2, 0.25) is 26.2 Å². The molecule has 7 heteroatoms. The van der Waals surface area contributed by atoms with E-state index in [0.717, 1.165) is 0 Å². The van der Waals surface area contributed by atoms with Gasteiger partial charge >= 0.3 is 17.1 Å². The van der Waals surface area contributed by atoms with E-state index < -0.39 is 0 Å². The average molecular weight is 364 g/mol. The molecule has 0 saturated heterocycles. The van der Waals surface area contributed by atoms with Gasteiger partial charge in [0.1, 0.15) is 0 Å². The van der Waals surface area contributed by atoms with Crippen LogP contribution in [-0.2, 0) is 36.2 Å². The maximum atomic E-state index is 7.75. The smallest absolute Gasteiger partial charge is 0.545 e. The van der Waals surface area contributed by atoms with Crippen molar-refractivity contribution in [2.75, 3.05) is 0 Å². The molecule has 0 amide bonds. The molecule has 0 aliphatic heterocycles. The fraction of sp³-hybridized carbons (Fsp3) is 0.286. The minimum atomic E-state index is -0.261. The van der Waals surface area contributed by atoms with Crippen molar-refractivity contribution in [3.8, 4) is 0 Å². The summed E-state index contributed by atoms with van der Waals surface area (Å²) in [7, 11) is -0.522. The molecule has 0 aromatic heterocycles. The zero-order valence-electron chi connectivity index (χ0n) is 12.6. The maximum Gasteiger partial charge on any atom is 4.00 e. The summed E-state index contributed by atoms with van der Waals surface area (Å²) < 4.78 is 0. The summed E-state index contributed by atoms with van der Waals surface area (Å²) in [5, 5.41) is 3.28. The Kier molecular flexibility index (Phi) is 41.5. The zero-order chi connectivity index (χ0) is 17.1. The fourth-order valence-corrected chi connectivity index (χ4v) is 4.96. The Balaban J connectivity index is -0.0000000823. The van der Waals surface area contributed by atoms with Crippen LogP contribution in [0.15, 0.2) is 24.3 Å². The van der Waals surface area contributed by atoms with Gasteiger partial charge in [0.05, 0.1) is 17.6 Å². The predicted molar refractivity (Wildman–Crippen MR) is 87.7 cm³/mol. The minimum absolute atomic E-state index is 0. The Morgan fingerprint density at radius 2 is 0.810 bits per heavy atom. The molecule has 0 bridgehead atoms. The molecule has 0 N–H and O–H groups in total. The first kappa shape index (κ1) is 32.0. The van der Waals surface area contributed by atoms with Crippen LogP contribution < -0.4 is 10.4 Å². The largest absolute Gasteiger partial charge is 4.00 e. The molecule has 0 aliphatic carbocycles. The molecule has 0 saturated carbocycles. The molecule has 0 aliphatic rings. The van der Waals surface area contributed by atoms with Gasteiger partial charge in [-0.25, -0.2) is 0 Å². The number of hydrogen-bond acceptors (Lipinski definition) is 4. The second kappa shape index (κ2) is 27.2. The average Bonchev–Trinajstić information content (AvgIpc) is 2.55. The summed E-state index contributed by atoms with van der Waals surface area (Å²) in [6.45, 7) is 22.5. The van der Waals surface area contributed by atoms with Crippen molar-refractivity contribution < 1.29 is 36.2 Å². The Bertz CT molecular complexity index is 291. The molecular weight excluding hydrogens is 344 g/mol. The maximum absolute atomic E-state index is 7.75. The van der Waals surface area contributed by atoms with E-state index in [1.54, 1.807) is 10.4 Å². The SMILES string of the molecule is C[Si](C)c1ccccc1[Si](C)C.[CH-]=O.[CH-]=O.[CH-]=O.[CH-]=O.[Fe+4]. The first-order valence-corrected chi connectivity index (χ1v) is 10.3. The van der Waals surface area contributed by atoms with E-state index in [-0.39, 0.29) is 34.7 Å². The van der Waals surface area contributed by atoms with E-state index in [2.05, 4.69) is 77.6 Å². The summed E-state index contributed by atoms with van der Waals surface area (Å²) in [5.74, 6) is 0. The summed E-state index contributed by atoms with van der Waals surface area (Å²) >= 11 is 0. The van der Waals surface area contributed by atoms with Gasteiger partial charge in [-0.2, -0.15) is 0 Å². The van der Waals surface area contributed by atoms with Gasteiger partial charge < -0.3 is 19.2 Å². The summed E-state index contributed by atoms with van der Waals surface area (Å²) in [4.78, 5) is 31.0. The van der Waals surface area contributed by atoms with Crippen LogP contribution in [0.25, 0.3) is 0 Å². The normalized spacial score (nSPS) is 7.14. The third-order valence-electron chi connectivity index (χ3n) is 2.00. The number of carbonyl (C=O) groups excluding carboxylic acids is 4. The molecule has 0 spiro atoms. The van der Waals surface area contributed by atoms with E-state index >= 15 is 0 Å². The van der Waals surface area contributed by atoms with E-state index in [9.17, 15) is 0 Å². The van der Waals surface area contributed by atoms with Crippen LogP contribution in [0.4, 0.5) is 0 Å². The molecule has 0 atom stereocenters. The van der Waals surface area contributed by atoms with Crippen LogP contribution in [0.5, 0.6) is 0 Å². The van der Waals surface area contributed by atoms with Gasteiger partial charge in [0, 0.05) is 0 Å². The van der Waals surface area contributed by atoms with Crippen LogP contribution in [-0.4, -0.2) is 44.7 Å². The van der Waals surface area contributed by atoms with Crippen molar-refractivity contribution >= 4 is 55.1 Å². The first-order valence-electron chi connectivity index (χ1n) is 5.27. The van der Waals surface area contributed by atoms with Gasteiger partial charge in [-0.1, -0.05) is 60.8 Å². The molecule has 2 radical (unpaired) electrons. The van der Waals surface area contributed by atoms with Gasteiger partial charge in [-0.3, -0.25) is 27.2 Å². The number of rotatable bonds is 2. The van der Waals surface area contributed by atoms with Gasteiger partial charge in [-0.05, 0) is 0 Å². The fourth-order valence-electron chi connectivity index (χ4n) is 1.36. The molecule has 0 unspecified atom stereocenters. The third-order valence-corrected chi connectivity index (χ3v) is 5.28. The second-order valence-electron chi connectivity index (χ2n) is 3.55. The summed E-state index contributed by atoms with van der Waals surface area (Å²) in [5.41, 5.74) is 0. The monoisotopic (exact) mass is 364 g/mol. The molecular formula is C14H20FeO4Si2. The Morgan fingerprint density at radius 3 is 0.952 bits per heavy atom. The van der Waals surface area contributed by atoms with Gasteiger partial charge in [0.25, 0.3) is 0 Å². The zero-order valence-corrected chi connectivity index (χ0v) is 15.7. The quantitative estimate of drug-likeness (QED) is 0.436. The van der Waals surface area contributed by atoms with Crippen molar-refractivity contribution in [1.29, 1.82) is 0 Å². The van der Waals surface area contributed by atoms with Crippen LogP contribution in [0, 0.1) is 0 Å². The number of benzene rings is 1. The number of hydrogen-bond donors (Lipinski definition) is 0. The molecule has 1 aromatic carbocycles. The Hall–Kier alpha value is -1.15. The molecule has 116 valence electrons. The van der Waals surface area contributed by atoms with Crippen LogP contribution >= 0.6 is 0 Å². The van der Waals surface area contributed by atoms with Crippen molar-refractivity contribution in [3.05, 3.63) is 24.3 Å². The molecule has 1 aromatic rings. The molecule has 0 fully saturated rings. The van der Waals surface area contributed by atoms with E-state index in [4.69, 9.17) is 19.2 Å². The van der Waals surface area contributed by atoms with Crippen molar-refractivity contribution in [2.24, 2.45) is 0 Å². The van der Waals surface area contributed by atoms with E-state index in [0.29, 0.717) is 0 Å². The topological polar surface area (TPSA) is 68.3 Å². The standard InChI is InChI=1S/C10H16Si2.4CHO.Fe/c1-11(2)9-7-5-6-8-10(9)12(3)4;4*1-2;/h5-8H,1-4H3;4*1H;/q;4*-1;+4. The summed E-state index contributed by atoms with van der Waals surface area (Å²) in [6.07, 6.45) is 0. The molecule has 4 nitrogen and oxygen atoms in total. The molecule has 1 rings (SSSR count). The Labute approximate surface area is 142 Å². The van der Waals surface area contributed by atoms with E-state index in [1.165, 1.54) is 0 Å². The van der Waals surface area contributed by atoms with Gasteiger partial charge in [0.15, 0.2) is 0 Å². The van der Waals surface area contributed by atoms with Gasteiger partial charge in [0.2, 0.25) is 0 Å². The minimum Gasteiger partial charge on any atom is -0.545 e. The molecule has 21 heavy (non-hydrogen) atoms. The van der Waals surface area contributed by atoms with Crippen LogP contribution in [0.1, 0.15) is 0 Å². The van der Waals surface area contributed by atoms with Crippen molar-refractivity contribution in [1.82, 2.24) is 0 Å². The van der Waals surface area contributed by atoms with Gasteiger partial charge in [-0.15, -0.1) is 0 Å². The van der Waals surface area contributed by atoms with Crippen LogP contribution in [0.3, 0.4) is 0 Å². The van der Waals surface area contributed by atoms with E-state index in [1.807, 2.05) is 0 Å². The van der Waals surface area contributed by atoms with Crippen molar-refractivity contribution in [2.45, 2.75) is 26.2 Å². The first-order chi connectivity index (χ1) is 9.63. The predicted octanol–water partition coefficient (Wildman–Crippen LogP) is 0.510. The second-order valence-corrected chi connectivity index (χ2v) is 8.62.